The van der Waals surface area contributed by atoms with Gasteiger partial charge in [0, 0.05) is 30.7 Å². The molecule has 0 atom stereocenters. The molecule has 0 saturated heterocycles. The van der Waals surface area contributed by atoms with E-state index < -0.39 is 0 Å². The van der Waals surface area contributed by atoms with Crippen molar-refractivity contribution in [1.29, 1.82) is 0 Å². The van der Waals surface area contributed by atoms with E-state index in [1.54, 1.807) is 64.7 Å². The Labute approximate surface area is 198 Å². The number of benzene rings is 1. The third-order valence-corrected chi connectivity index (χ3v) is 5.15. The third kappa shape index (κ3) is 6.12. The maximum absolute atomic E-state index is 13.2. The Morgan fingerprint density at radius 2 is 1.71 bits per heavy atom. The summed E-state index contributed by atoms with van der Waals surface area (Å²) in [5, 5.41) is 0. The van der Waals surface area contributed by atoms with Gasteiger partial charge in [-0.1, -0.05) is 0 Å². The number of hydrogen-bond donors (Lipinski definition) is 0. The van der Waals surface area contributed by atoms with Crippen molar-refractivity contribution in [3.63, 3.8) is 0 Å². The second-order valence-electron chi connectivity index (χ2n) is 7.31. The van der Waals surface area contributed by atoms with Crippen LogP contribution in [0.15, 0.2) is 51.5 Å². The second-order valence-corrected chi connectivity index (χ2v) is 7.31. The highest BCUT2D eigenvalue weighted by Gasteiger charge is 2.23. The van der Waals surface area contributed by atoms with Crippen LogP contribution < -0.4 is 14.2 Å². The van der Waals surface area contributed by atoms with Gasteiger partial charge in [0.25, 0.3) is 5.91 Å². The van der Waals surface area contributed by atoms with Crippen molar-refractivity contribution in [2.75, 3.05) is 34.5 Å². The van der Waals surface area contributed by atoms with E-state index in [0.717, 1.165) is 5.56 Å². The van der Waals surface area contributed by atoms with Gasteiger partial charge in [0.2, 0.25) is 0 Å². The molecule has 1 aromatic carbocycles. The van der Waals surface area contributed by atoms with Crippen molar-refractivity contribution in [1.82, 2.24) is 4.90 Å². The van der Waals surface area contributed by atoms with Crippen LogP contribution in [-0.4, -0.2) is 51.3 Å². The number of hydrogen-bond acceptors (Lipinski definition) is 8. The molecule has 3 aromatic rings. The van der Waals surface area contributed by atoms with Crippen molar-refractivity contribution >= 4 is 11.9 Å². The average molecular weight is 472 g/mol. The monoisotopic (exact) mass is 471 g/mol. The van der Waals surface area contributed by atoms with Gasteiger partial charge < -0.3 is 32.7 Å². The maximum Gasteiger partial charge on any atom is 0.307 e. The first kappa shape index (κ1) is 24.8. The number of methoxy groups -OCH3 is 3. The normalized spacial score (nSPS) is 10.6. The highest BCUT2D eigenvalue weighted by molar-refractivity contribution is 5.91. The van der Waals surface area contributed by atoms with Crippen molar-refractivity contribution < 1.29 is 37.4 Å². The molecule has 2 heterocycles. The summed E-state index contributed by atoms with van der Waals surface area (Å²) in [6, 6.07) is 10.4. The van der Waals surface area contributed by atoms with Gasteiger partial charge in [0.1, 0.15) is 28.8 Å². The number of furan rings is 2. The number of esters is 1. The van der Waals surface area contributed by atoms with E-state index in [-0.39, 0.29) is 43.8 Å². The van der Waals surface area contributed by atoms with Crippen molar-refractivity contribution in [3.05, 3.63) is 65.5 Å². The van der Waals surface area contributed by atoms with Gasteiger partial charge in [-0.25, -0.2) is 0 Å². The Bertz CT molecular complexity index is 1060. The van der Waals surface area contributed by atoms with Crippen molar-refractivity contribution in [3.8, 4) is 17.2 Å². The lowest BCUT2D eigenvalue weighted by Crippen LogP contribution is -2.32. The number of amides is 1. The molecule has 1 amide bonds. The molecule has 2 aromatic heterocycles. The molecule has 0 aliphatic heterocycles. The molecule has 0 bridgehead atoms. The van der Waals surface area contributed by atoms with Gasteiger partial charge in [-0.15, -0.1) is 0 Å². The highest BCUT2D eigenvalue weighted by atomic mass is 16.5. The van der Waals surface area contributed by atoms with Gasteiger partial charge in [-0.2, -0.15) is 0 Å². The van der Waals surface area contributed by atoms with Gasteiger partial charge in [0.15, 0.2) is 5.76 Å². The standard InChI is InChI=1S/C25H29NO8/c1-5-32-24(27)10-11-26(16-18-7-6-12-33-18)25(28)21-9-8-17(34-21)13-20-22(30-3)14-19(29-2)15-23(20)31-4/h6-9,12,14-15H,5,10-11,13,16H2,1-4H3. The largest absolute Gasteiger partial charge is 0.496 e. The molecule has 182 valence electrons. The van der Waals surface area contributed by atoms with Crippen LogP contribution in [0.2, 0.25) is 0 Å². The molecule has 0 N–H and O–H groups in total. The zero-order valence-electron chi connectivity index (χ0n) is 19.8. The van der Waals surface area contributed by atoms with Gasteiger partial charge >= 0.3 is 5.97 Å². The summed E-state index contributed by atoms with van der Waals surface area (Å²) in [7, 11) is 4.68. The van der Waals surface area contributed by atoms with Crippen LogP contribution in [0.4, 0.5) is 0 Å². The average Bonchev–Trinajstić information content (AvgIpc) is 3.53. The summed E-state index contributed by atoms with van der Waals surface area (Å²) in [5.74, 6) is 2.31. The SMILES string of the molecule is CCOC(=O)CCN(Cc1ccco1)C(=O)c1ccc(Cc2c(OC)cc(OC)cc2OC)o1. The first-order chi connectivity index (χ1) is 16.5. The summed E-state index contributed by atoms with van der Waals surface area (Å²) in [5.41, 5.74) is 0.758. The van der Waals surface area contributed by atoms with Crippen LogP contribution in [0, 0.1) is 0 Å². The Hall–Kier alpha value is -3.88. The molecule has 0 aliphatic rings. The van der Waals surface area contributed by atoms with Crippen LogP contribution in [0.25, 0.3) is 0 Å². The fourth-order valence-electron chi connectivity index (χ4n) is 3.47. The number of ether oxygens (including phenoxy) is 4. The van der Waals surface area contributed by atoms with Crippen LogP contribution in [0.1, 0.15) is 41.0 Å². The van der Waals surface area contributed by atoms with E-state index in [1.807, 2.05) is 0 Å². The zero-order valence-corrected chi connectivity index (χ0v) is 19.8. The molecule has 0 aliphatic carbocycles. The van der Waals surface area contributed by atoms with E-state index in [9.17, 15) is 9.59 Å². The van der Waals surface area contributed by atoms with E-state index in [2.05, 4.69) is 0 Å². The molecular weight excluding hydrogens is 442 g/mol. The van der Waals surface area contributed by atoms with Crippen molar-refractivity contribution in [2.45, 2.75) is 26.3 Å². The quantitative estimate of drug-likeness (QED) is 0.364. The molecule has 0 saturated carbocycles. The van der Waals surface area contributed by atoms with Gasteiger partial charge in [0.05, 0.1) is 47.2 Å². The van der Waals surface area contributed by atoms with Gasteiger partial charge in [-0.3, -0.25) is 9.59 Å². The lowest BCUT2D eigenvalue weighted by molar-refractivity contribution is -0.143. The highest BCUT2D eigenvalue weighted by Crippen LogP contribution is 2.36. The summed E-state index contributed by atoms with van der Waals surface area (Å²) in [4.78, 5) is 26.5. The minimum absolute atomic E-state index is 0.0636. The molecule has 9 nitrogen and oxygen atoms in total. The van der Waals surface area contributed by atoms with Crippen LogP contribution in [-0.2, 0) is 22.5 Å². The van der Waals surface area contributed by atoms with E-state index in [0.29, 0.717) is 35.2 Å². The van der Waals surface area contributed by atoms with Crippen molar-refractivity contribution in [2.24, 2.45) is 0 Å². The van der Waals surface area contributed by atoms with E-state index >= 15 is 0 Å². The fraction of sp³-hybridized carbons (Fsp3) is 0.360. The lowest BCUT2D eigenvalue weighted by Gasteiger charge is -2.20. The minimum Gasteiger partial charge on any atom is -0.496 e. The predicted molar refractivity (Wildman–Crippen MR) is 122 cm³/mol. The summed E-state index contributed by atoms with van der Waals surface area (Å²) >= 11 is 0. The van der Waals surface area contributed by atoms with E-state index in [4.69, 9.17) is 27.8 Å². The molecule has 0 fully saturated rings. The molecule has 0 radical (unpaired) electrons. The Kier molecular flexibility index (Phi) is 8.61. The third-order valence-electron chi connectivity index (χ3n) is 5.15. The number of carbonyl (C=O) groups is 2. The van der Waals surface area contributed by atoms with Crippen LogP contribution >= 0.6 is 0 Å². The molecule has 34 heavy (non-hydrogen) atoms. The van der Waals surface area contributed by atoms with Gasteiger partial charge in [-0.05, 0) is 31.2 Å². The topological polar surface area (TPSA) is 101 Å². The Balaban J connectivity index is 1.80. The summed E-state index contributed by atoms with van der Waals surface area (Å²) < 4.78 is 32.5. The minimum atomic E-state index is -0.376. The Morgan fingerprint density at radius 1 is 0.971 bits per heavy atom. The second kappa shape index (κ2) is 11.8. The molecule has 9 heteroatoms. The first-order valence-electron chi connectivity index (χ1n) is 10.8. The summed E-state index contributed by atoms with van der Waals surface area (Å²) in [6.45, 7) is 2.38. The lowest BCUT2D eigenvalue weighted by atomic mass is 10.1. The molecular formula is C25H29NO8. The molecule has 0 unspecified atom stereocenters. The number of rotatable bonds is 12. The van der Waals surface area contributed by atoms with Crippen LogP contribution in [0.3, 0.4) is 0 Å². The fourth-order valence-corrected chi connectivity index (χ4v) is 3.47. The van der Waals surface area contributed by atoms with E-state index in [1.165, 1.54) is 11.2 Å². The number of nitrogens with zero attached hydrogens (tertiary/aromatic N) is 1. The smallest absolute Gasteiger partial charge is 0.307 e. The first-order valence-corrected chi connectivity index (χ1v) is 10.8. The summed E-state index contributed by atoms with van der Waals surface area (Å²) in [6.07, 6.45) is 1.93. The predicted octanol–water partition coefficient (Wildman–Crippen LogP) is 4.08. The zero-order chi connectivity index (χ0) is 24.5. The Morgan fingerprint density at radius 3 is 2.29 bits per heavy atom. The number of carbonyl (C=O) groups excluding carboxylic acids is 2. The maximum atomic E-state index is 13.2. The molecule has 0 spiro atoms. The van der Waals surface area contributed by atoms with Crippen LogP contribution in [0.5, 0.6) is 17.2 Å². The molecule has 3 rings (SSSR count).